The van der Waals surface area contributed by atoms with Crippen LogP contribution in [-0.2, 0) is 38.6 Å². The summed E-state index contributed by atoms with van der Waals surface area (Å²) in [5.41, 5.74) is -0.798. The molecule has 0 spiro atoms. The Kier molecular flexibility index (Phi) is 8.68. The summed E-state index contributed by atoms with van der Waals surface area (Å²) in [7, 11) is -3.09. The van der Waals surface area contributed by atoms with E-state index in [9.17, 15) is 19.2 Å². The molecule has 0 fully saturated rings. The Bertz CT molecular complexity index is 972. The van der Waals surface area contributed by atoms with E-state index in [1.54, 1.807) is 0 Å². The molecule has 31 heavy (non-hydrogen) atoms. The first-order valence-electron chi connectivity index (χ1n) is 9.31. The molecule has 5 nitrogen and oxygen atoms in total. The van der Waals surface area contributed by atoms with Crippen molar-refractivity contribution in [2.24, 2.45) is 0 Å². The van der Waals surface area contributed by atoms with Crippen molar-refractivity contribution in [3.05, 3.63) is 91.0 Å². The van der Waals surface area contributed by atoms with Crippen molar-refractivity contribution in [1.29, 1.82) is 0 Å². The molecule has 0 aliphatic heterocycles. The van der Waals surface area contributed by atoms with Gasteiger partial charge in [0, 0.05) is 19.5 Å². The molecule has 0 aliphatic rings. The van der Waals surface area contributed by atoms with Crippen LogP contribution in [0.25, 0.3) is 0 Å². The summed E-state index contributed by atoms with van der Waals surface area (Å²) in [6.07, 6.45) is -0.598. The van der Waals surface area contributed by atoms with Crippen LogP contribution in [0.1, 0.15) is 13.3 Å². The number of hydrogen-bond acceptors (Lipinski definition) is 5. The van der Waals surface area contributed by atoms with E-state index >= 15 is 0 Å². The van der Waals surface area contributed by atoms with Crippen LogP contribution in [0.4, 0.5) is 4.79 Å². The van der Waals surface area contributed by atoms with Crippen molar-refractivity contribution >= 4 is 46.4 Å². The number of carbonyl (C=O) groups is 4. The van der Waals surface area contributed by atoms with Gasteiger partial charge in [-0.25, -0.2) is 9.59 Å². The van der Waals surface area contributed by atoms with E-state index in [-0.39, 0.29) is 19.5 Å². The number of esters is 1. The van der Waals surface area contributed by atoms with Crippen LogP contribution in [0, 0.1) is 0 Å². The molecule has 0 saturated heterocycles. The molecule has 0 amide bonds. The first-order chi connectivity index (χ1) is 14.5. The molecule has 0 aromatic heterocycles. The van der Waals surface area contributed by atoms with Crippen LogP contribution in [0.2, 0.25) is 0 Å². The van der Waals surface area contributed by atoms with Gasteiger partial charge in [0.1, 0.15) is 21.7 Å². The number of carbonyl (C=O) groups excluding carboxylic acids is 4. The Balaban J connectivity index is 0.00000341. The fourth-order valence-electron chi connectivity index (χ4n) is 3.22. The molecule has 7 heteroatoms. The summed E-state index contributed by atoms with van der Waals surface area (Å²) in [4.78, 5) is 49.1. The summed E-state index contributed by atoms with van der Waals surface area (Å²) >= 11 is 0. The zero-order valence-electron chi connectivity index (χ0n) is 16.7. The minimum absolute atomic E-state index is 0. The Morgan fingerprint density at radius 1 is 0.677 bits per heavy atom. The van der Waals surface area contributed by atoms with Gasteiger partial charge >= 0.3 is 11.7 Å². The Labute approximate surface area is 193 Å². The van der Waals surface area contributed by atoms with Crippen LogP contribution < -0.4 is 15.9 Å². The Morgan fingerprint density at radius 2 is 1.03 bits per heavy atom. The number of Topliss-reactive ketones (excluding diaryl/α,β-unsaturated/α-hetero) is 2. The molecule has 0 aliphatic carbocycles. The van der Waals surface area contributed by atoms with Crippen molar-refractivity contribution in [3.63, 3.8) is 0 Å². The van der Waals surface area contributed by atoms with E-state index in [2.05, 4.69) is 0 Å². The molecule has 3 aromatic carbocycles. The van der Waals surface area contributed by atoms with E-state index in [1.807, 2.05) is 91.0 Å². The summed E-state index contributed by atoms with van der Waals surface area (Å²) in [6, 6.07) is 27.3. The van der Waals surface area contributed by atoms with E-state index in [4.69, 9.17) is 4.74 Å². The van der Waals surface area contributed by atoms with E-state index in [1.165, 1.54) is 6.92 Å². The molecule has 0 heterocycles. The van der Waals surface area contributed by atoms with Gasteiger partial charge in [-0.3, -0.25) is 9.59 Å². The fraction of sp³-hybridized carbons (Fsp3) is 0.0833. The van der Waals surface area contributed by atoms with Gasteiger partial charge in [-0.2, -0.15) is 0 Å². The Morgan fingerprint density at radius 3 is 1.35 bits per heavy atom. The number of ether oxygens (including phenoxy) is 1. The number of rotatable bonds is 7. The summed E-state index contributed by atoms with van der Waals surface area (Å²) in [6.45, 7) is 1.20. The van der Waals surface area contributed by atoms with Crippen LogP contribution in [-0.4, -0.2) is 23.2 Å². The molecular formula is C24H20O5PRh+. The molecule has 159 valence electrons. The predicted octanol–water partition coefficient (Wildman–Crippen LogP) is 3.19. The Hall–Kier alpha value is -2.81. The minimum atomic E-state index is -3.09. The molecule has 0 N–H and O–H groups in total. The topological polar surface area (TPSA) is 77.5 Å². The van der Waals surface area contributed by atoms with Gasteiger partial charge in [0.05, 0.1) is 6.42 Å². The summed E-state index contributed by atoms with van der Waals surface area (Å²) in [5, 5.41) is 2.08. The molecule has 0 bridgehead atoms. The molecule has 0 saturated carbocycles. The SMILES string of the molecule is CC(=O)CC(=O)C(=O)OC(=O)[P+](c1ccccc1)(c1ccccc1)c1ccccc1.[Rh]. The van der Waals surface area contributed by atoms with Crippen LogP contribution >= 0.6 is 7.26 Å². The first-order valence-corrected chi connectivity index (χ1v) is 11.1. The number of hydrogen-bond donors (Lipinski definition) is 0. The molecule has 0 unspecified atom stereocenters. The van der Waals surface area contributed by atoms with Crippen LogP contribution in [0.15, 0.2) is 91.0 Å². The van der Waals surface area contributed by atoms with Crippen molar-refractivity contribution in [3.8, 4) is 0 Å². The van der Waals surface area contributed by atoms with Crippen molar-refractivity contribution in [2.75, 3.05) is 0 Å². The van der Waals surface area contributed by atoms with E-state index < -0.39 is 36.9 Å². The number of ketones is 2. The van der Waals surface area contributed by atoms with Crippen molar-refractivity contribution in [2.45, 2.75) is 13.3 Å². The third kappa shape index (κ3) is 5.28. The second-order valence-corrected chi connectivity index (χ2v) is 9.89. The smallest absolute Gasteiger partial charge is 0.355 e. The summed E-state index contributed by atoms with van der Waals surface area (Å²) in [5.74, 6) is -2.83. The van der Waals surface area contributed by atoms with Gasteiger partial charge < -0.3 is 4.74 Å². The average Bonchev–Trinajstić information content (AvgIpc) is 2.76. The maximum atomic E-state index is 13.6. The standard InChI is InChI=1S/C24H20O5P.Rh/c1-18(25)17-22(26)23(27)29-24(28)30(19-11-5-2-6-12-19,20-13-7-3-8-14-20)21-15-9-4-10-16-21;/h2-16H,17H2,1H3;/q+1;. The maximum absolute atomic E-state index is 13.6. The second-order valence-electron chi connectivity index (χ2n) is 6.63. The maximum Gasteiger partial charge on any atom is 0.474 e. The third-order valence-corrected chi connectivity index (χ3v) is 8.38. The quantitative estimate of drug-likeness (QED) is 0.157. The average molecular weight is 522 g/mol. The molecule has 0 atom stereocenters. The zero-order valence-corrected chi connectivity index (χ0v) is 19.2. The van der Waals surface area contributed by atoms with Crippen molar-refractivity contribution in [1.82, 2.24) is 0 Å². The monoisotopic (exact) mass is 522 g/mol. The van der Waals surface area contributed by atoms with Crippen LogP contribution in [0.3, 0.4) is 0 Å². The third-order valence-electron chi connectivity index (χ3n) is 4.52. The van der Waals surface area contributed by atoms with Gasteiger partial charge in [-0.05, 0) is 43.3 Å². The first kappa shape index (κ1) is 24.5. The zero-order chi connectivity index (χ0) is 21.6. The number of benzene rings is 3. The largest absolute Gasteiger partial charge is 0.474 e. The van der Waals surface area contributed by atoms with Gasteiger partial charge in [-0.1, -0.05) is 54.6 Å². The molecule has 3 rings (SSSR count). The molecule has 3 aromatic rings. The fourth-order valence-corrected chi connectivity index (χ4v) is 6.83. The minimum Gasteiger partial charge on any atom is -0.355 e. The predicted molar refractivity (Wildman–Crippen MR) is 117 cm³/mol. The summed E-state index contributed by atoms with van der Waals surface area (Å²) < 4.78 is 5.11. The molecular weight excluding hydrogens is 502 g/mol. The van der Waals surface area contributed by atoms with Crippen molar-refractivity contribution < 1.29 is 43.4 Å². The van der Waals surface area contributed by atoms with Crippen LogP contribution in [0.5, 0.6) is 0 Å². The van der Waals surface area contributed by atoms with Gasteiger partial charge in [-0.15, -0.1) is 0 Å². The van der Waals surface area contributed by atoms with Gasteiger partial charge in [0.25, 0.3) is 0 Å². The molecule has 1 radical (unpaired) electrons. The second kappa shape index (κ2) is 11.0. The van der Waals surface area contributed by atoms with E-state index in [0.29, 0.717) is 15.9 Å². The van der Waals surface area contributed by atoms with Gasteiger partial charge in [0.15, 0.2) is 0 Å². The van der Waals surface area contributed by atoms with E-state index in [0.717, 1.165) is 0 Å². The normalized spacial score (nSPS) is 10.5. The van der Waals surface area contributed by atoms with Gasteiger partial charge in [0.2, 0.25) is 13.0 Å².